The molecule has 0 aliphatic heterocycles. The number of nitrogens with zero attached hydrogens (tertiary/aromatic N) is 3. The van der Waals surface area contributed by atoms with Crippen LogP contribution in [-0.4, -0.2) is 32.9 Å². The Morgan fingerprint density at radius 1 is 1.33 bits per heavy atom. The van der Waals surface area contributed by atoms with Crippen molar-refractivity contribution >= 4 is 21.4 Å². The molecule has 0 aromatic carbocycles. The summed E-state index contributed by atoms with van der Waals surface area (Å²) in [7, 11) is 0. The Hall–Kier alpha value is -1.47. The van der Waals surface area contributed by atoms with Gasteiger partial charge in [0.05, 0.1) is 0 Å². The molecule has 2 heterocycles. The van der Waals surface area contributed by atoms with Crippen LogP contribution in [0.1, 0.15) is 25.7 Å². The Labute approximate surface area is 108 Å². The van der Waals surface area contributed by atoms with Crippen molar-refractivity contribution in [1.29, 1.82) is 0 Å². The molecule has 2 N–H and O–H groups in total. The number of aromatic nitrogens is 3. The molecule has 0 saturated heterocycles. The zero-order valence-electron chi connectivity index (χ0n) is 10.0. The van der Waals surface area contributed by atoms with Crippen LogP contribution < -0.4 is 10.9 Å². The van der Waals surface area contributed by atoms with Gasteiger partial charge >= 0.3 is 0 Å². The van der Waals surface area contributed by atoms with E-state index in [1.54, 1.807) is 0 Å². The third-order valence-corrected chi connectivity index (χ3v) is 3.41. The van der Waals surface area contributed by atoms with Crippen molar-refractivity contribution in [2.24, 2.45) is 0 Å². The topological polar surface area (TPSA) is 79.5 Å². The van der Waals surface area contributed by atoms with Gasteiger partial charge in [0.15, 0.2) is 0 Å². The highest BCUT2D eigenvalue weighted by Crippen LogP contribution is 2.15. The van der Waals surface area contributed by atoms with Gasteiger partial charge in [0.2, 0.25) is 10.1 Å². The molecule has 0 saturated carbocycles. The van der Waals surface area contributed by atoms with Gasteiger partial charge in [-0.3, -0.25) is 4.79 Å². The second-order valence-electron chi connectivity index (χ2n) is 3.95. The van der Waals surface area contributed by atoms with Crippen LogP contribution in [0.4, 0.5) is 5.13 Å². The molecule has 0 radical (unpaired) electrons. The lowest BCUT2D eigenvalue weighted by Crippen LogP contribution is -2.12. The average Bonchev–Trinajstić information content (AvgIpc) is 2.78. The Bertz CT molecular complexity index is 551. The van der Waals surface area contributed by atoms with E-state index in [9.17, 15) is 4.79 Å². The minimum absolute atomic E-state index is 0.160. The zero-order chi connectivity index (χ0) is 12.8. The largest absolute Gasteiger partial charge is 0.396 e. The summed E-state index contributed by atoms with van der Waals surface area (Å²) in [5.41, 5.74) is -0.160. The monoisotopic (exact) mass is 268 g/mol. The molecule has 18 heavy (non-hydrogen) atoms. The fraction of sp³-hybridized carbons (Fsp3) is 0.545. The molecule has 0 spiro atoms. The van der Waals surface area contributed by atoms with Crippen LogP contribution in [0.2, 0.25) is 0 Å². The third kappa shape index (κ3) is 3.27. The normalized spacial score (nSPS) is 10.9. The lowest BCUT2D eigenvalue weighted by molar-refractivity contribution is 0.283. The van der Waals surface area contributed by atoms with Gasteiger partial charge in [-0.2, -0.15) is 4.52 Å². The Morgan fingerprint density at radius 3 is 2.94 bits per heavy atom. The summed E-state index contributed by atoms with van der Waals surface area (Å²) in [4.78, 5) is 16.1. The molecule has 2 aromatic heterocycles. The lowest BCUT2D eigenvalue weighted by Gasteiger charge is -2.00. The fourth-order valence-electron chi connectivity index (χ4n) is 1.60. The Balaban J connectivity index is 1.85. The first-order valence-electron chi connectivity index (χ1n) is 6.01. The van der Waals surface area contributed by atoms with Crippen molar-refractivity contribution in [2.75, 3.05) is 18.5 Å². The van der Waals surface area contributed by atoms with E-state index in [0.29, 0.717) is 10.1 Å². The number of aliphatic hydroxyl groups is 1. The molecule has 0 bridgehead atoms. The van der Waals surface area contributed by atoms with Gasteiger partial charge in [-0.15, -0.1) is 5.10 Å². The second-order valence-corrected chi connectivity index (χ2v) is 4.91. The predicted molar refractivity (Wildman–Crippen MR) is 71.2 cm³/mol. The van der Waals surface area contributed by atoms with Crippen LogP contribution in [0, 0.1) is 0 Å². The standard InChI is InChI=1S/C11H16N4O2S/c16-8-4-2-1-3-6-12-10-14-15-9(17)5-7-13-11(15)18-10/h5,7,16H,1-4,6,8H2,(H,12,14). The second kappa shape index (κ2) is 6.46. The third-order valence-electron chi connectivity index (χ3n) is 2.53. The number of anilines is 1. The summed E-state index contributed by atoms with van der Waals surface area (Å²) in [6.45, 7) is 1.08. The maximum Gasteiger partial charge on any atom is 0.275 e. The number of unbranched alkanes of at least 4 members (excludes halogenated alkanes) is 3. The molecular formula is C11H16N4O2S. The smallest absolute Gasteiger partial charge is 0.275 e. The summed E-state index contributed by atoms with van der Waals surface area (Å²) in [5.74, 6) is 0. The summed E-state index contributed by atoms with van der Waals surface area (Å²) in [6, 6.07) is 1.39. The number of rotatable bonds is 7. The van der Waals surface area contributed by atoms with Crippen LogP contribution in [0.15, 0.2) is 17.1 Å². The Morgan fingerprint density at radius 2 is 2.17 bits per heavy atom. The maximum atomic E-state index is 11.5. The molecule has 0 aliphatic rings. The number of hydrogen-bond acceptors (Lipinski definition) is 6. The van der Waals surface area contributed by atoms with E-state index in [2.05, 4.69) is 15.4 Å². The van der Waals surface area contributed by atoms with E-state index < -0.39 is 0 Å². The van der Waals surface area contributed by atoms with Crippen molar-refractivity contribution in [2.45, 2.75) is 25.7 Å². The van der Waals surface area contributed by atoms with Crippen molar-refractivity contribution in [1.82, 2.24) is 14.6 Å². The Kier molecular flexibility index (Phi) is 4.66. The van der Waals surface area contributed by atoms with Gasteiger partial charge in [0, 0.05) is 25.4 Å². The van der Waals surface area contributed by atoms with Crippen LogP contribution in [-0.2, 0) is 0 Å². The summed E-state index contributed by atoms with van der Waals surface area (Å²) in [5, 5.41) is 16.7. The maximum absolute atomic E-state index is 11.5. The van der Waals surface area contributed by atoms with Gasteiger partial charge in [-0.05, 0) is 12.8 Å². The summed E-state index contributed by atoms with van der Waals surface area (Å²) >= 11 is 1.37. The van der Waals surface area contributed by atoms with Gasteiger partial charge in [0.1, 0.15) is 0 Å². The van der Waals surface area contributed by atoms with E-state index in [4.69, 9.17) is 5.11 Å². The first-order valence-corrected chi connectivity index (χ1v) is 6.82. The number of hydrogen-bond donors (Lipinski definition) is 2. The first kappa shape index (κ1) is 13.0. The fourth-order valence-corrected chi connectivity index (χ4v) is 2.40. The number of aliphatic hydroxyl groups excluding tert-OH is 1. The molecule has 0 amide bonds. The molecule has 6 nitrogen and oxygen atoms in total. The molecule has 98 valence electrons. The van der Waals surface area contributed by atoms with Gasteiger partial charge < -0.3 is 10.4 Å². The first-order chi connectivity index (χ1) is 8.81. The predicted octanol–water partition coefficient (Wildman–Crippen LogP) is 1.12. The summed E-state index contributed by atoms with van der Waals surface area (Å²) in [6.07, 6.45) is 5.50. The highest BCUT2D eigenvalue weighted by Gasteiger charge is 2.04. The highest BCUT2D eigenvalue weighted by molar-refractivity contribution is 7.20. The molecular weight excluding hydrogens is 252 g/mol. The summed E-state index contributed by atoms with van der Waals surface area (Å²) < 4.78 is 1.30. The SMILES string of the molecule is O=c1ccnc2sc(NCCCCCCO)nn12. The molecule has 0 atom stereocenters. The van der Waals surface area contributed by atoms with Gasteiger partial charge in [0.25, 0.3) is 5.56 Å². The van der Waals surface area contributed by atoms with Crippen LogP contribution in [0.3, 0.4) is 0 Å². The van der Waals surface area contributed by atoms with Crippen molar-refractivity contribution < 1.29 is 5.11 Å². The molecule has 0 fully saturated rings. The van der Waals surface area contributed by atoms with E-state index in [-0.39, 0.29) is 12.2 Å². The van der Waals surface area contributed by atoms with Crippen LogP contribution in [0.5, 0.6) is 0 Å². The van der Waals surface area contributed by atoms with Crippen molar-refractivity contribution in [3.63, 3.8) is 0 Å². The average molecular weight is 268 g/mol. The molecule has 7 heteroatoms. The molecule has 2 rings (SSSR count). The molecule has 0 aliphatic carbocycles. The highest BCUT2D eigenvalue weighted by atomic mass is 32.1. The quantitative estimate of drug-likeness (QED) is 0.735. The van der Waals surface area contributed by atoms with Gasteiger partial charge in [-0.25, -0.2) is 4.98 Å². The molecule has 0 unspecified atom stereocenters. The van der Waals surface area contributed by atoms with E-state index in [1.165, 1.54) is 28.1 Å². The van der Waals surface area contributed by atoms with Gasteiger partial charge in [-0.1, -0.05) is 24.2 Å². The van der Waals surface area contributed by atoms with E-state index in [1.807, 2.05) is 0 Å². The number of nitrogens with one attached hydrogen (secondary N) is 1. The van der Waals surface area contributed by atoms with Crippen molar-refractivity contribution in [3.8, 4) is 0 Å². The van der Waals surface area contributed by atoms with Crippen molar-refractivity contribution in [3.05, 3.63) is 22.6 Å². The lowest BCUT2D eigenvalue weighted by atomic mass is 10.2. The van der Waals surface area contributed by atoms with Crippen LogP contribution in [0.25, 0.3) is 4.96 Å². The van der Waals surface area contributed by atoms with Crippen LogP contribution >= 0.6 is 11.3 Å². The minimum atomic E-state index is -0.160. The number of fused-ring (bicyclic) bond motifs is 1. The van der Waals surface area contributed by atoms with E-state index >= 15 is 0 Å². The van der Waals surface area contributed by atoms with E-state index in [0.717, 1.165) is 32.2 Å². The minimum Gasteiger partial charge on any atom is -0.396 e. The molecule has 2 aromatic rings. The zero-order valence-corrected chi connectivity index (χ0v) is 10.8.